The van der Waals surface area contributed by atoms with Crippen molar-refractivity contribution in [2.24, 2.45) is 0 Å². The molecule has 1 unspecified atom stereocenters. The Morgan fingerprint density at radius 1 is 1.47 bits per heavy atom. The molecule has 1 N–H and O–H groups in total. The van der Waals surface area contributed by atoms with Crippen molar-refractivity contribution in [1.29, 1.82) is 5.26 Å². The van der Waals surface area contributed by atoms with Crippen LogP contribution >= 0.6 is 0 Å². The zero-order valence-electron chi connectivity index (χ0n) is 10.9. The number of nitriles is 1. The number of hydrogen-bond acceptors (Lipinski definition) is 4. The van der Waals surface area contributed by atoms with Crippen LogP contribution in [0.5, 0.6) is 0 Å². The van der Waals surface area contributed by atoms with E-state index in [4.69, 9.17) is 5.26 Å². The number of benzene rings is 1. The number of nitrogens with zero attached hydrogens (tertiary/aromatic N) is 2. The molecule has 1 aliphatic heterocycles. The van der Waals surface area contributed by atoms with Crippen LogP contribution in [0.2, 0.25) is 0 Å². The van der Waals surface area contributed by atoms with Gasteiger partial charge in [-0.1, -0.05) is 6.07 Å². The summed E-state index contributed by atoms with van der Waals surface area (Å²) in [6, 6.07) is 6.77. The van der Waals surface area contributed by atoms with Crippen LogP contribution < -0.4 is 5.32 Å². The number of carbonyl (C=O) groups is 2. The maximum atomic E-state index is 12.0. The van der Waals surface area contributed by atoms with Crippen LogP contribution in [-0.2, 0) is 9.59 Å². The Balaban J connectivity index is 2.21. The molecule has 1 aromatic carbocycles. The number of aryl methyl sites for hydroxylation is 1. The molecule has 5 heteroatoms. The molecule has 0 radical (unpaired) electrons. The minimum absolute atomic E-state index is 0.154. The van der Waals surface area contributed by atoms with Gasteiger partial charge in [-0.2, -0.15) is 5.26 Å². The maximum absolute atomic E-state index is 12.0. The summed E-state index contributed by atoms with van der Waals surface area (Å²) in [7, 11) is 0. The molecule has 5 nitrogen and oxygen atoms in total. The summed E-state index contributed by atoms with van der Waals surface area (Å²) >= 11 is 0. The second-order valence-corrected chi connectivity index (χ2v) is 4.52. The number of hydrogen-bond donors (Lipinski definition) is 1. The lowest BCUT2D eigenvalue weighted by Gasteiger charge is -2.15. The summed E-state index contributed by atoms with van der Waals surface area (Å²) in [5.41, 5.74) is 2.19. The Morgan fingerprint density at radius 3 is 2.79 bits per heavy atom. The van der Waals surface area contributed by atoms with E-state index in [2.05, 4.69) is 11.4 Å². The van der Waals surface area contributed by atoms with Gasteiger partial charge in [-0.05, 0) is 31.5 Å². The fourth-order valence-corrected chi connectivity index (χ4v) is 2.16. The summed E-state index contributed by atoms with van der Waals surface area (Å²) < 4.78 is 0. The third-order valence-electron chi connectivity index (χ3n) is 3.26. The lowest BCUT2D eigenvalue weighted by atomic mass is 10.1. The summed E-state index contributed by atoms with van der Waals surface area (Å²) in [6.07, 6.45) is 0.170. The quantitative estimate of drug-likeness (QED) is 0.831. The molecular weight excluding hydrogens is 242 g/mol. The van der Waals surface area contributed by atoms with Gasteiger partial charge in [0.15, 0.2) is 0 Å². The molecule has 0 aromatic heterocycles. The fraction of sp³-hybridized carbons (Fsp3) is 0.357. The average molecular weight is 257 g/mol. The van der Waals surface area contributed by atoms with Gasteiger partial charge in [0, 0.05) is 12.2 Å². The van der Waals surface area contributed by atoms with E-state index >= 15 is 0 Å². The monoisotopic (exact) mass is 257 g/mol. The van der Waals surface area contributed by atoms with Crippen LogP contribution in [0, 0.1) is 18.3 Å². The van der Waals surface area contributed by atoms with E-state index < -0.39 is 6.04 Å². The van der Waals surface area contributed by atoms with E-state index in [-0.39, 0.29) is 18.2 Å². The average Bonchev–Trinajstić information content (AvgIpc) is 2.66. The predicted molar refractivity (Wildman–Crippen MR) is 70.3 cm³/mol. The molecule has 1 atom stereocenters. The van der Waals surface area contributed by atoms with Gasteiger partial charge in [0.25, 0.3) is 5.91 Å². The van der Waals surface area contributed by atoms with Crippen LogP contribution in [0.3, 0.4) is 0 Å². The number of likely N-dealkylation sites (tertiary alicyclic amines) is 1. The van der Waals surface area contributed by atoms with Gasteiger partial charge in [0.2, 0.25) is 5.91 Å². The van der Waals surface area contributed by atoms with E-state index in [0.717, 1.165) is 11.3 Å². The van der Waals surface area contributed by atoms with Crippen LogP contribution in [0.15, 0.2) is 18.2 Å². The van der Waals surface area contributed by atoms with E-state index in [1.165, 1.54) is 4.90 Å². The van der Waals surface area contributed by atoms with E-state index in [9.17, 15) is 9.59 Å². The van der Waals surface area contributed by atoms with Crippen LogP contribution in [0.4, 0.5) is 5.69 Å². The van der Waals surface area contributed by atoms with Crippen molar-refractivity contribution in [3.05, 3.63) is 29.3 Å². The standard InChI is InChI=1S/C14H15N3O2/c1-3-17-13(18)7-12(14(17)19)16-11-6-10(8-15)5-4-9(11)2/h4-6,12,16H,3,7H2,1-2H3. The second kappa shape index (κ2) is 5.11. The molecule has 0 spiro atoms. The van der Waals surface area contributed by atoms with Gasteiger partial charge < -0.3 is 5.32 Å². The first-order chi connectivity index (χ1) is 9.06. The molecule has 19 heavy (non-hydrogen) atoms. The van der Waals surface area contributed by atoms with Gasteiger partial charge in [0.1, 0.15) is 6.04 Å². The normalized spacial score (nSPS) is 18.6. The smallest absolute Gasteiger partial charge is 0.252 e. The number of anilines is 1. The molecule has 0 bridgehead atoms. The topological polar surface area (TPSA) is 73.2 Å². The number of carbonyl (C=O) groups excluding carboxylic acids is 2. The lowest BCUT2D eigenvalue weighted by molar-refractivity contribution is -0.138. The molecule has 0 aliphatic carbocycles. The highest BCUT2D eigenvalue weighted by Crippen LogP contribution is 2.22. The molecule has 2 rings (SSSR count). The van der Waals surface area contributed by atoms with Crippen molar-refractivity contribution in [2.45, 2.75) is 26.3 Å². The first-order valence-electron chi connectivity index (χ1n) is 6.18. The molecule has 0 saturated carbocycles. The Hall–Kier alpha value is -2.35. The van der Waals surface area contributed by atoms with E-state index in [1.54, 1.807) is 19.1 Å². The van der Waals surface area contributed by atoms with E-state index in [0.29, 0.717) is 12.1 Å². The Morgan fingerprint density at radius 2 is 2.21 bits per heavy atom. The van der Waals surface area contributed by atoms with E-state index in [1.807, 2.05) is 13.0 Å². The summed E-state index contributed by atoms with van der Waals surface area (Å²) in [5, 5.41) is 11.9. The lowest BCUT2D eigenvalue weighted by Crippen LogP contribution is -2.34. The highest BCUT2D eigenvalue weighted by atomic mass is 16.2. The molecule has 1 aromatic rings. The molecule has 1 fully saturated rings. The molecule has 2 amide bonds. The van der Waals surface area contributed by atoms with Crippen molar-refractivity contribution >= 4 is 17.5 Å². The van der Waals surface area contributed by atoms with Crippen LogP contribution in [0.1, 0.15) is 24.5 Å². The Kier molecular flexibility index (Phi) is 3.52. The molecule has 1 aliphatic rings. The van der Waals surface area contributed by atoms with Crippen molar-refractivity contribution in [2.75, 3.05) is 11.9 Å². The minimum atomic E-state index is -0.528. The largest absolute Gasteiger partial charge is 0.373 e. The first kappa shape index (κ1) is 13.1. The van der Waals surface area contributed by atoms with Crippen LogP contribution in [-0.4, -0.2) is 29.3 Å². The highest BCUT2D eigenvalue weighted by molar-refractivity contribution is 6.06. The number of nitrogens with one attached hydrogen (secondary N) is 1. The van der Waals surface area contributed by atoms with Gasteiger partial charge in [0.05, 0.1) is 18.1 Å². The summed E-state index contributed by atoms with van der Waals surface area (Å²) in [4.78, 5) is 24.9. The zero-order chi connectivity index (χ0) is 14.0. The van der Waals surface area contributed by atoms with Crippen LogP contribution in [0.25, 0.3) is 0 Å². The van der Waals surface area contributed by atoms with Crippen molar-refractivity contribution in [3.8, 4) is 6.07 Å². The third kappa shape index (κ3) is 2.43. The zero-order valence-corrected chi connectivity index (χ0v) is 10.9. The number of amides is 2. The third-order valence-corrected chi connectivity index (χ3v) is 3.26. The van der Waals surface area contributed by atoms with Gasteiger partial charge in [-0.3, -0.25) is 14.5 Å². The van der Waals surface area contributed by atoms with Gasteiger partial charge in [-0.15, -0.1) is 0 Å². The molecule has 1 heterocycles. The number of imide groups is 1. The minimum Gasteiger partial charge on any atom is -0.373 e. The molecule has 1 saturated heterocycles. The second-order valence-electron chi connectivity index (χ2n) is 4.52. The number of rotatable bonds is 3. The summed E-state index contributed by atoms with van der Waals surface area (Å²) in [5.74, 6) is -0.353. The maximum Gasteiger partial charge on any atom is 0.252 e. The van der Waals surface area contributed by atoms with Crippen molar-refractivity contribution in [3.63, 3.8) is 0 Å². The molecule has 98 valence electrons. The summed E-state index contributed by atoms with van der Waals surface area (Å²) in [6.45, 7) is 4.06. The van der Waals surface area contributed by atoms with Crippen molar-refractivity contribution < 1.29 is 9.59 Å². The van der Waals surface area contributed by atoms with Crippen molar-refractivity contribution in [1.82, 2.24) is 4.90 Å². The SMILES string of the molecule is CCN1C(=O)CC(Nc2cc(C#N)ccc2C)C1=O. The first-order valence-corrected chi connectivity index (χ1v) is 6.18. The van der Waals surface area contributed by atoms with Gasteiger partial charge in [-0.25, -0.2) is 0 Å². The Labute approximate surface area is 111 Å². The fourth-order valence-electron chi connectivity index (χ4n) is 2.16. The molecular formula is C14H15N3O2. The Bertz CT molecular complexity index is 575. The highest BCUT2D eigenvalue weighted by Gasteiger charge is 2.37. The van der Waals surface area contributed by atoms with Gasteiger partial charge >= 0.3 is 0 Å². The predicted octanol–water partition coefficient (Wildman–Crippen LogP) is 1.43. The number of likely N-dealkylation sites (N-methyl/N-ethyl adjacent to an activating group) is 1.